The summed E-state index contributed by atoms with van der Waals surface area (Å²) in [6.07, 6.45) is 0. The molecule has 0 radical (unpaired) electrons. The number of anilines is 1. The summed E-state index contributed by atoms with van der Waals surface area (Å²) >= 11 is 1.63. The van der Waals surface area contributed by atoms with Crippen molar-refractivity contribution in [3.05, 3.63) is 47.2 Å². The molecule has 3 heteroatoms. The van der Waals surface area contributed by atoms with Gasteiger partial charge in [-0.25, -0.2) is 4.98 Å². The first kappa shape index (κ1) is 12.0. The van der Waals surface area contributed by atoms with Gasteiger partial charge in [0, 0.05) is 16.3 Å². The number of benzene rings is 1. The molecule has 0 aliphatic carbocycles. The fourth-order valence-electron chi connectivity index (χ4n) is 1.78. The number of nitrogens with two attached hydrogens (primary N) is 1. The van der Waals surface area contributed by atoms with E-state index < -0.39 is 0 Å². The van der Waals surface area contributed by atoms with Crippen molar-refractivity contribution in [2.45, 2.75) is 30.7 Å². The molecule has 88 valence electrons. The highest BCUT2D eigenvalue weighted by Gasteiger charge is 2.06. The molecule has 0 spiro atoms. The highest BCUT2D eigenvalue weighted by Crippen LogP contribution is 2.33. The van der Waals surface area contributed by atoms with Gasteiger partial charge in [-0.2, -0.15) is 0 Å². The molecule has 0 aliphatic rings. The predicted molar refractivity (Wildman–Crippen MR) is 73.4 cm³/mol. The van der Waals surface area contributed by atoms with Crippen LogP contribution in [0.25, 0.3) is 0 Å². The van der Waals surface area contributed by atoms with Gasteiger partial charge in [0.25, 0.3) is 0 Å². The third-order valence-corrected chi connectivity index (χ3v) is 3.70. The molecule has 2 aromatic rings. The standard InChI is InChI=1S/C14H16N2S/c1-9-7-11(3)16-13(8-9)17-14-10(2)5-4-6-12(14)15/h4-8H,15H2,1-3H3. The van der Waals surface area contributed by atoms with Crippen LogP contribution in [0.1, 0.15) is 16.8 Å². The fourth-order valence-corrected chi connectivity index (χ4v) is 2.83. The number of pyridine rings is 1. The molecule has 1 aromatic carbocycles. The van der Waals surface area contributed by atoms with Gasteiger partial charge in [-0.1, -0.05) is 23.9 Å². The SMILES string of the molecule is Cc1cc(C)nc(Sc2c(C)cccc2N)c1. The number of hydrogen-bond acceptors (Lipinski definition) is 3. The predicted octanol–water partition coefficient (Wildman–Crippen LogP) is 3.74. The number of nitrogen functional groups attached to an aromatic ring is 1. The van der Waals surface area contributed by atoms with Crippen LogP contribution in [0.15, 0.2) is 40.3 Å². The van der Waals surface area contributed by atoms with Crippen molar-refractivity contribution in [3.63, 3.8) is 0 Å². The summed E-state index contributed by atoms with van der Waals surface area (Å²) in [4.78, 5) is 5.62. The summed E-state index contributed by atoms with van der Waals surface area (Å²) in [7, 11) is 0. The molecule has 0 amide bonds. The molecule has 2 N–H and O–H groups in total. The Morgan fingerprint density at radius 1 is 1.12 bits per heavy atom. The van der Waals surface area contributed by atoms with Crippen molar-refractivity contribution in [1.82, 2.24) is 4.98 Å². The topological polar surface area (TPSA) is 38.9 Å². The Kier molecular flexibility index (Phi) is 3.38. The number of aryl methyl sites for hydroxylation is 3. The summed E-state index contributed by atoms with van der Waals surface area (Å²) in [5.74, 6) is 0. The van der Waals surface area contributed by atoms with Crippen molar-refractivity contribution in [2.24, 2.45) is 0 Å². The maximum absolute atomic E-state index is 6.00. The van der Waals surface area contributed by atoms with Gasteiger partial charge in [-0.15, -0.1) is 0 Å². The van der Waals surface area contributed by atoms with Crippen molar-refractivity contribution in [1.29, 1.82) is 0 Å². The molecule has 0 saturated heterocycles. The number of nitrogens with zero attached hydrogens (tertiary/aromatic N) is 1. The zero-order valence-electron chi connectivity index (χ0n) is 10.3. The summed E-state index contributed by atoms with van der Waals surface area (Å²) in [6, 6.07) is 10.1. The van der Waals surface area contributed by atoms with Gasteiger partial charge in [0.2, 0.25) is 0 Å². The third-order valence-electron chi connectivity index (χ3n) is 2.52. The molecule has 0 saturated carbocycles. The Hall–Kier alpha value is -1.48. The molecule has 17 heavy (non-hydrogen) atoms. The fraction of sp³-hybridized carbons (Fsp3) is 0.214. The van der Waals surface area contributed by atoms with Gasteiger partial charge in [0.1, 0.15) is 5.03 Å². The second-order valence-corrected chi connectivity index (χ2v) is 5.25. The van der Waals surface area contributed by atoms with Crippen LogP contribution in [0.2, 0.25) is 0 Å². The van der Waals surface area contributed by atoms with E-state index in [2.05, 4.69) is 37.0 Å². The second-order valence-electron chi connectivity index (χ2n) is 4.22. The smallest absolute Gasteiger partial charge is 0.101 e. The van der Waals surface area contributed by atoms with Gasteiger partial charge in [-0.3, -0.25) is 0 Å². The quantitative estimate of drug-likeness (QED) is 0.818. The summed E-state index contributed by atoms with van der Waals surface area (Å²) < 4.78 is 0. The van der Waals surface area contributed by atoms with Crippen LogP contribution >= 0.6 is 11.8 Å². The van der Waals surface area contributed by atoms with Gasteiger partial charge >= 0.3 is 0 Å². The summed E-state index contributed by atoms with van der Waals surface area (Å²) in [5, 5.41) is 1.00. The highest BCUT2D eigenvalue weighted by atomic mass is 32.2. The molecule has 0 fully saturated rings. The average Bonchev–Trinajstić information content (AvgIpc) is 2.22. The molecule has 0 unspecified atom stereocenters. The first-order valence-corrected chi connectivity index (χ1v) is 6.36. The van der Waals surface area contributed by atoms with Crippen LogP contribution in [0.4, 0.5) is 5.69 Å². The molecule has 0 atom stereocenters. The molecule has 1 aromatic heterocycles. The highest BCUT2D eigenvalue weighted by molar-refractivity contribution is 7.99. The Bertz CT molecular complexity index is 509. The van der Waals surface area contributed by atoms with Gasteiger partial charge in [-0.05, 0) is 50.1 Å². The van der Waals surface area contributed by atoms with Crippen molar-refractivity contribution < 1.29 is 0 Å². The number of hydrogen-bond donors (Lipinski definition) is 1. The molecule has 2 nitrogen and oxygen atoms in total. The molecular weight excluding hydrogens is 228 g/mol. The van der Waals surface area contributed by atoms with Crippen LogP contribution in [0, 0.1) is 20.8 Å². The van der Waals surface area contributed by atoms with E-state index in [9.17, 15) is 0 Å². The van der Waals surface area contributed by atoms with E-state index >= 15 is 0 Å². The first-order chi connectivity index (χ1) is 8.06. The Balaban J connectivity index is 2.38. The van der Waals surface area contributed by atoms with E-state index in [1.165, 1.54) is 11.1 Å². The van der Waals surface area contributed by atoms with Crippen molar-refractivity contribution in [2.75, 3.05) is 5.73 Å². The van der Waals surface area contributed by atoms with Crippen molar-refractivity contribution in [3.8, 4) is 0 Å². The van der Waals surface area contributed by atoms with Gasteiger partial charge < -0.3 is 5.73 Å². The second kappa shape index (κ2) is 4.80. The zero-order valence-corrected chi connectivity index (χ0v) is 11.1. The average molecular weight is 244 g/mol. The van der Waals surface area contributed by atoms with E-state index in [-0.39, 0.29) is 0 Å². The summed E-state index contributed by atoms with van der Waals surface area (Å²) in [6.45, 7) is 6.17. The zero-order chi connectivity index (χ0) is 12.4. The monoisotopic (exact) mass is 244 g/mol. The molecule has 0 bridgehead atoms. The minimum Gasteiger partial charge on any atom is -0.398 e. The van der Waals surface area contributed by atoms with E-state index in [0.29, 0.717) is 0 Å². The maximum atomic E-state index is 6.00. The lowest BCUT2D eigenvalue weighted by atomic mass is 10.2. The lowest BCUT2D eigenvalue weighted by molar-refractivity contribution is 1.05. The van der Waals surface area contributed by atoms with Crippen LogP contribution in [0.3, 0.4) is 0 Å². The molecule has 2 rings (SSSR count). The van der Waals surface area contributed by atoms with Crippen LogP contribution in [-0.2, 0) is 0 Å². The van der Waals surface area contributed by atoms with Crippen LogP contribution in [-0.4, -0.2) is 4.98 Å². The molecule has 1 heterocycles. The van der Waals surface area contributed by atoms with Crippen LogP contribution in [0.5, 0.6) is 0 Å². The molecule has 0 aliphatic heterocycles. The Morgan fingerprint density at radius 3 is 2.53 bits per heavy atom. The number of aromatic nitrogens is 1. The van der Waals surface area contributed by atoms with E-state index in [1.807, 2.05) is 19.1 Å². The largest absolute Gasteiger partial charge is 0.398 e. The van der Waals surface area contributed by atoms with Crippen molar-refractivity contribution >= 4 is 17.4 Å². The summed E-state index contributed by atoms with van der Waals surface area (Å²) in [5.41, 5.74) is 10.3. The normalized spacial score (nSPS) is 10.5. The Labute approximate surface area is 106 Å². The lowest BCUT2D eigenvalue weighted by Crippen LogP contribution is -1.92. The van der Waals surface area contributed by atoms with E-state index in [1.54, 1.807) is 11.8 Å². The Morgan fingerprint density at radius 2 is 1.88 bits per heavy atom. The lowest BCUT2D eigenvalue weighted by Gasteiger charge is -2.09. The van der Waals surface area contributed by atoms with Gasteiger partial charge in [0.15, 0.2) is 0 Å². The minimum atomic E-state index is 0.816. The van der Waals surface area contributed by atoms with Crippen LogP contribution < -0.4 is 5.73 Å². The van der Waals surface area contributed by atoms with E-state index in [0.717, 1.165) is 21.3 Å². The maximum Gasteiger partial charge on any atom is 0.101 e. The van der Waals surface area contributed by atoms with E-state index in [4.69, 9.17) is 5.73 Å². The minimum absolute atomic E-state index is 0.816. The van der Waals surface area contributed by atoms with Gasteiger partial charge in [0.05, 0.1) is 0 Å². The third kappa shape index (κ3) is 2.80. The number of rotatable bonds is 2. The molecular formula is C14H16N2S. The first-order valence-electron chi connectivity index (χ1n) is 5.54.